The summed E-state index contributed by atoms with van der Waals surface area (Å²) in [7, 11) is -2.22. The maximum Gasteiger partial charge on any atom is 0.243 e. The van der Waals surface area contributed by atoms with Gasteiger partial charge in [-0.3, -0.25) is 9.59 Å². The normalized spacial score (nSPS) is 14.3. The number of ketones is 2. The first-order valence-electron chi connectivity index (χ1n) is 12.1. The lowest BCUT2D eigenvalue weighted by atomic mass is 10.1. The summed E-state index contributed by atoms with van der Waals surface area (Å²) in [5.41, 5.74) is 1.48. The summed E-state index contributed by atoms with van der Waals surface area (Å²) < 4.78 is 44.5. The third-order valence-corrected chi connectivity index (χ3v) is 8.92. The molecule has 9 nitrogen and oxygen atoms in total. The average Bonchev–Trinajstić information content (AvgIpc) is 3.34. The number of hydrogen-bond donors (Lipinski definition) is 1. The van der Waals surface area contributed by atoms with E-state index in [1.54, 1.807) is 48.5 Å². The lowest BCUT2D eigenvalue weighted by molar-refractivity contribution is 0.0730. The third-order valence-electron chi connectivity index (χ3n) is 6.41. The number of furan rings is 1. The summed E-state index contributed by atoms with van der Waals surface area (Å²) in [5, 5.41) is 3.71. The number of rotatable bonds is 9. The minimum Gasteiger partial charge on any atom is -0.496 e. The summed E-state index contributed by atoms with van der Waals surface area (Å²) in [6.45, 7) is 0.996. The van der Waals surface area contributed by atoms with Crippen LogP contribution < -0.4 is 10.1 Å². The number of nitrogens with one attached hydrogen (secondary N) is 1. The number of Topliss-reactive ketones (excluding diaryl/α,β-unsaturated/α-hetero) is 1. The zero-order valence-corrected chi connectivity index (χ0v) is 23.4. The Kier molecular flexibility index (Phi) is 7.85. The Hall–Kier alpha value is -3.51. The minimum atomic E-state index is -3.75. The van der Waals surface area contributed by atoms with Gasteiger partial charge in [0.15, 0.2) is 11.5 Å². The van der Waals surface area contributed by atoms with E-state index in [4.69, 9.17) is 13.9 Å². The van der Waals surface area contributed by atoms with E-state index in [1.807, 2.05) is 6.07 Å². The van der Waals surface area contributed by atoms with Gasteiger partial charge >= 0.3 is 0 Å². The van der Waals surface area contributed by atoms with Crippen LogP contribution in [-0.4, -0.2) is 64.2 Å². The van der Waals surface area contributed by atoms with Gasteiger partial charge in [0.25, 0.3) is 0 Å². The van der Waals surface area contributed by atoms with Crippen molar-refractivity contribution < 1.29 is 31.9 Å². The molecule has 0 amide bonds. The molecule has 1 fully saturated rings. The topological polar surface area (TPSA) is 115 Å². The van der Waals surface area contributed by atoms with Crippen molar-refractivity contribution >= 4 is 54.2 Å². The molecule has 5 rings (SSSR count). The first kappa shape index (κ1) is 27.1. The number of ether oxygens (including phenoxy) is 2. The van der Waals surface area contributed by atoms with Crippen LogP contribution >= 0.6 is 15.9 Å². The SMILES string of the molecule is COc1ccc(C(=O)c2oc3ccccc3c2NCC(=O)c2cccc(S(=O)(=O)N3CCOCC3)c2)cc1Br. The highest BCUT2D eigenvalue weighted by Gasteiger charge is 2.27. The van der Waals surface area contributed by atoms with Gasteiger partial charge in [-0.15, -0.1) is 0 Å². The Balaban J connectivity index is 1.41. The number of para-hydroxylation sites is 1. The number of benzene rings is 3. The Bertz CT molecular complexity index is 1660. The number of sulfonamides is 1. The maximum absolute atomic E-state index is 13.4. The van der Waals surface area contributed by atoms with E-state index in [1.165, 1.54) is 23.5 Å². The van der Waals surface area contributed by atoms with Gasteiger partial charge in [0.1, 0.15) is 11.3 Å². The first-order chi connectivity index (χ1) is 18.8. The highest BCUT2D eigenvalue weighted by molar-refractivity contribution is 9.10. The van der Waals surface area contributed by atoms with Gasteiger partial charge in [-0.05, 0) is 58.4 Å². The molecule has 0 saturated carbocycles. The fourth-order valence-electron chi connectivity index (χ4n) is 4.36. The smallest absolute Gasteiger partial charge is 0.243 e. The van der Waals surface area contributed by atoms with Crippen LogP contribution in [0.5, 0.6) is 5.75 Å². The van der Waals surface area contributed by atoms with Crippen LogP contribution in [0.25, 0.3) is 11.0 Å². The second-order valence-corrected chi connectivity index (χ2v) is 11.6. The van der Waals surface area contributed by atoms with Crippen LogP contribution in [0.3, 0.4) is 0 Å². The van der Waals surface area contributed by atoms with Crippen LogP contribution in [-0.2, 0) is 14.8 Å². The molecule has 39 heavy (non-hydrogen) atoms. The molecule has 0 unspecified atom stereocenters. The van der Waals surface area contributed by atoms with Gasteiger partial charge in [-0.2, -0.15) is 4.31 Å². The van der Waals surface area contributed by atoms with E-state index in [2.05, 4.69) is 21.2 Å². The number of halogens is 1. The van der Waals surface area contributed by atoms with E-state index in [0.717, 1.165) is 0 Å². The number of methoxy groups -OCH3 is 1. The molecule has 0 aliphatic carbocycles. The van der Waals surface area contributed by atoms with Crippen LogP contribution in [0.15, 0.2) is 80.5 Å². The Morgan fingerprint density at radius 3 is 2.51 bits per heavy atom. The molecular weight excluding hydrogens is 588 g/mol. The van der Waals surface area contributed by atoms with Crippen molar-refractivity contribution in [3.63, 3.8) is 0 Å². The van der Waals surface area contributed by atoms with Crippen LogP contribution in [0.4, 0.5) is 5.69 Å². The molecule has 0 radical (unpaired) electrons. The zero-order valence-electron chi connectivity index (χ0n) is 21.0. The molecular formula is C28H25BrN2O7S. The maximum atomic E-state index is 13.4. The Labute approximate surface area is 233 Å². The van der Waals surface area contributed by atoms with Crippen molar-refractivity contribution in [3.05, 3.63) is 88.1 Å². The molecule has 11 heteroatoms. The molecule has 3 aromatic carbocycles. The number of fused-ring (bicyclic) bond motifs is 1. The van der Waals surface area contributed by atoms with Crippen molar-refractivity contribution in [2.24, 2.45) is 0 Å². The minimum absolute atomic E-state index is 0.0463. The lowest BCUT2D eigenvalue weighted by Gasteiger charge is -2.26. The molecule has 1 aromatic heterocycles. The molecule has 1 saturated heterocycles. The van der Waals surface area contributed by atoms with Gasteiger partial charge < -0.3 is 19.2 Å². The third kappa shape index (κ3) is 5.48. The number of morpholine rings is 1. The van der Waals surface area contributed by atoms with E-state index >= 15 is 0 Å². The van der Waals surface area contributed by atoms with Crippen molar-refractivity contribution in [3.8, 4) is 5.75 Å². The summed E-state index contributed by atoms with van der Waals surface area (Å²) >= 11 is 3.40. The van der Waals surface area contributed by atoms with E-state index in [-0.39, 0.29) is 47.4 Å². The molecule has 0 atom stereocenters. The fourth-order valence-corrected chi connectivity index (χ4v) is 6.35. The zero-order chi connectivity index (χ0) is 27.6. The number of nitrogens with zero attached hydrogens (tertiary/aromatic N) is 1. The molecule has 0 bridgehead atoms. The standard InChI is InChI=1S/C28H25BrN2O7S/c1-36-25-10-9-19(16-22(25)29)27(33)28-26(21-7-2-3-8-24(21)38-28)30-17-23(32)18-5-4-6-20(15-18)39(34,35)31-11-13-37-14-12-31/h2-10,15-16,30H,11-14,17H2,1H3. The lowest BCUT2D eigenvalue weighted by Crippen LogP contribution is -2.40. The van der Waals surface area contributed by atoms with Crippen molar-refractivity contribution in [2.45, 2.75) is 4.90 Å². The summed E-state index contributed by atoms with van der Waals surface area (Å²) in [4.78, 5) is 26.7. The molecule has 202 valence electrons. The van der Waals surface area contributed by atoms with Crippen molar-refractivity contribution in [1.82, 2.24) is 4.31 Å². The molecule has 1 aliphatic rings. The quantitative estimate of drug-likeness (QED) is 0.269. The van der Waals surface area contributed by atoms with Crippen molar-refractivity contribution in [2.75, 3.05) is 45.3 Å². The number of hydrogen-bond acceptors (Lipinski definition) is 8. The number of carbonyl (C=O) groups excluding carboxylic acids is 2. The molecule has 1 N–H and O–H groups in total. The van der Waals surface area contributed by atoms with Gasteiger partial charge in [0, 0.05) is 29.6 Å². The number of carbonyl (C=O) groups is 2. The predicted molar refractivity (Wildman–Crippen MR) is 149 cm³/mol. The monoisotopic (exact) mass is 612 g/mol. The first-order valence-corrected chi connectivity index (χ1v) is 14.4. The van der Waals surface area contributed by atoms with E-state index in [9.17, 15) is 18.0 Å². The van der Waals surface area contributed by atoms with E-state index < -0.39 is 10.0 Å². The number of anilines is 1. The summed E-state index contributed by atoms with van der Waals surface area (Å²) in [6, 6.07) is 18.0. The molecule has 1 aliphatic heterocycles. The second-order valence-electron chi connectivity index (χ2n) is 8.80. The van der Waals surface area contributed by atoms with Gasteiger partial charge in [-0.25, -0.2) is 8.42 Å². The largest absolute Gasteiger partial charge is 0.496 e. The van der Waals surface area contributed by atoms with Crippen LogP contribution in [0, 0.1) is 0 Å². The summed E-state index contributed by atoms with van der Waals surface area (Å²) in [6.07, 6.45) is 0. The Morgan fingerprint density at radius 2 is 1.77 bits per heavy atom. The Morgan fingerprint density at radius 1 is 1.00 bits per heavy atom. The van der Waals surface area contributed by atoms with Gasteiger partial charge in [-0.1, -0.05) is 24.3 Å². The highest BCUT2D eigenvalue weighted by Crippen LogP contribution is 2.34. The van der Waals surface area contributed by atoms with Crippen LogP contribution in [0.2, 0.25) is 0 Å². The van der Waals surface area contributed by atoms with Gasteiger partial charge in [0.05, 0.1) is 41.9 Å². The molecule has 0 spiro atoms. The van der Waals surface area contributed by atoms with E-state index in [0.29, 0.717) is 45.7 Å². The molecule has 2 heterocycles. The highest BCUT2D eigenvalue weighted by atomic mass is 79.9. The van der Waals surface area contributed by atoms with Crippen molar-refractivity contribution in [1.29, 1.82) is 0 Å². The van der Waals surface area contributed by atoms with Crippen LogP contribution in [0.1, 0.15) is 26.5 Å². The van der Waals surface area contributed by atoms with Gasteiger partial charge in [0.2, 0.25) is 15.8 Å². The summed E-state index contributed by atoms with van der Waals surface area (Å²) in [5.74, 6) is -0.0734. The molecule has 4 aromatic rings. The average molecular weight is 613 g/mol. The fraction of sp³-hybridized carbons (Fsp3) is 0.214. The predicted octanol–water partition coefficient (Wildman–Crippen LogP) is 4.75. The second kappa shape index (κ2) is 11.3.